The first-order valence-electron chi connectivity index (χ1n) is 5.80. The van der Waals surface area contributed by atoms with E-state index in [1.54, 1.807) is 6.26 Å². The molecule has 2 atom stereocenters. The van der Waals surface area contributed by atoms with Crippen molar-refractivity contribution in [2.75, 3.05) is 26.2 Å². The monoisotopic (exact) mass is 256 g/mol. The van der Waals surface area contributed by atoms with Crippen LogP contribution in [0.25, 0.3) is 0 Å². The molecule has 2 fully saturated rings. The largest absolute Gasteiger partial charge is 0.459 e. The fourth-order valence-electron chi connectivity index (χ4n) is 2.76. The zero-order valence-electron chi connectivity index (χ0n) is 9.81. The van der Waals surface area contributed by atoms with Gasteiger partial charge in [0.2, 0.25) is 0 Å². The van der Waals surface area contributed by atoms with E-state index in [1.165, 1.54) is 0 Å². The Morgan fingerprint density at radius 2 is 2.06 bits per heavy atom. The third-order valence-electron chi connectivity index (χ3n) is 3.73. The fourth-order valence-corrected chi connectivity index (χ4v) is 2.76. The number of carbonyl (C=O) groups is 1. The van der Waals surface area contributed by atoms with E-state index in [-0.39, 0.29) is 18.3 Å². The van der Waals surface area contributed by atoms with E-state index in [2.05, 4.69) is 5.32 Å². The number of aryl methyl sites for hydroxylation is 1. The van der Waals surface area contributed by atoms with Gasteiger partial charge < -0.3 is 14.6 Å². The fraction of sp³-hybridized carbons (Fsp3) is 0.583. The van der Waals surface area contributed by atoms with Crippen LogP contribution in [-0.4, -0.2) is 37.0 Å². The molecule has 5 heteroatoms. The van der Waals surface area contributed by atoms with Crippen LogP contribution >= 0.6 is 12.4 Å². The lowest BCUT2D eigenvalue weighted by atomic mass is 10.0. The van der Waals surface area contributed by atoms with E-state index < -0.39 is 0 Å². The van der Waals surface area contributed by atoms with Crippen LogP contribution in [0.3, 0.4) is 0 Å². The normalized spacial score (nSPS) is 26.8. The Hall–Kier alpha value is -1.00. The van der Waals surface area contributed by atoms with Crippen molar-refractivity contribution in [2.45, 2.75) is 6.92 Å². The van der Waals surface area contributed by atoms with Crippen LogP contribution in [0, 0.1) is 18.8 Å². The molecule has 94 valence electrons. The van der Waals surface area contributed by atoms with Gasteiger partial charge in [-0.2, -0.15) is 0 Å². The first kappa shape index (κ1) is 12.5. The number of nitrogens with zero attached hydrogens (tertiary/aromatic N) is 1. The van der Waals surface area contributed by atoms with Crippen LogP contribution in [0.15, 0.2) is 16.7 Å². The smallest absolute Gasteiger partial charge is 0.289 e. The van der Waals surface area contributed by atoms with Crippen LogP contribution < -0.4 is 5.32 Å². The highest BCUT2D eigenvalue weighted by Crippen LogP contribution is 2.27. The van der Waals surface area contributed by atoms with Gasteiger partial charge in [-0.3, -0.25) is 4.79 Å². The minimum atomic E-state index is 0. The summed E-state index contributed by atoms with van der Waals surface area (Å²) in [5.74, 6) is 1.84. The molecule has 3 heterocycles. The molecule has 3 rings (SSSR count). The van der Waals surface area contributed by atoms with Gasteiger partial charge in [-0.15, -0.1) is 12.4 Å². The number of fused-ring (bicyclic) bond motifs is 1. The summed E-state index contributed by atoms with van der Waals surface area (Å²) in [5, 5.41) is 3.37. The van der Waals surface area contributed by atoms with E-state index in [0.29, 0.717) is 17.6 Å². The minimum absolute atomic E-state index is 0. The van der Waals surface area contributed by atoms with Crippen molar-refractivity contribution in [1.82, 2.24) is 10.2 Å². The summed E-state index contributed by atoms with van der Waals surface area (Å²) < 4.78 is 5.25. The number of hydrogen-bond acceptors (Lipinski definition) is 3. The Kier molecular flexibility index (Phi) is 3.45. The van der Waals surface area contributed by atoms with Crippen molar-refractivity contribution in [3.8, 4) is 0 Å². The third-order valence-corrected chi connectivity index (χ3v) is 3.73. The first-order chi connectivity index (χ1) is 7.75. The van der Waals surface area contributed by atoms with Gasteiger partial charge in [0, 0.05) is 31.7 Å². The van der Waals surface area contributed by atoms with E-state index in [4.69, 9.17) is 4.42 Å². The highest BCUT2D eigenvalue weighted by Gasteiger charge is 2.39. The maximum Gasteiger partial charge on any atom is 0.289 e. The maximum atomic E-state index is 12.2. The number of hydrogen-bond donors (Lipinski definition) is 1. The highest BCUT2D eigenvalue weighted by molar-refractivity contribution is 5.93. The van der Waals surface area contributed by atoms with Crippen molar-refractivity contribution in [3.63, 3.8) is 0 Å². The summed E-state index contributed by atoms with van der Waals surface area (Å²) in [7, 11) is 0. The van der Waals surface area contributed by atoms with Gasteiger partial charge in [0.15, 0.2) is 5.76 Å². The highest BCUT2D eigenvalue weighted by atomic mass is 35.5. The molecular weight excluding hydrogens is 240 g/mol. The van der Waals surface area contributed by atoms with Gasteiger partial charge >= 0.3 is 0 Å². The number of nitrogens with one attached hydrogen (secondary N) is 1. The van der Waals surface area contributed by atoms with Gasteiger partial charge in [-0.05, 0) is 24.8 Å². The minimum Gasteiger partial charge on any atom is -0.459 e. The lowest BCUT2D eigenvalue weighted by Crippen LogP contribution is -2.31. The Morgan fingerprint density at radius 3 is 2.59 bits per heavy atom. The molecule has 0 radical (unpaired) electrons. The van der Waals surface area contributed by atoms with Crippen molar-refractivity contribution < 1.29 is 9.21 Å². The lowest BCUT2D eigenvalue weighted by Gasteiger charge is -2.16. The molecule has 2 aliphatic rings. The molecule has 1 aromatic heterocycles. The predicted molar refractivity (Wildman–Crippen MR) is 66.4 cm³/mol. The Labute approximate surface area is 107 Å². The SMILES string of the molecule is Cc1ccoc1C(=O)N1C[C@H]2CNC[C@H]2C1.Cl. The Balaban J connectivity index is 0.00000108. The number of rotatable bonds is 1. The van der Waals surface area contributed by atoms with E-state index in [0.717, 1.165) is 31.7 Å². The predicted octanol–water partition coefficient (Wildman–Crippen LogP) is 1.30. The second-order valence-electron chi connectivity index (χ2n) is 4.82. The van der Waals surface area contributed by atoms with Gasteiger partial charge in [-0.1, -0.05) is 0 Å². The molecule has 4 nitrogen and oxygen atoms in total. The van der Waals surface area contributed by atoms with Gasteiger partial charge in [-0.25, -0.2) is 0 Å². The summed E-state index contributed by atoms with van der Waals surface area (Å²) in [6.07, 6.45) is 1.58. The quantitative estimate of drug-likeness (QED) is 0.824. The average Bonchev–Trinajstić information content (AvgIpc) is 2.89. The number of amides is 1. The standard InChI is InChI=1S/C12H16N2O2.ClH/c1-8-2-3-16-11(8)12(15)14-6-9-4-13-5-10(9)7-14;/h2-3,9-10,13H,4-7H2,1H3;1H/t9-,10+;. The van der Waals surface area contributed by atoms with E-state index in [1.807, 2.05) is 17.9 Å². The molecular formula is C12H17ClN2O2. The summed E-state index contributed by atoms with van der Waals surface area (Å²) in [6, 6.07) is 1.84. The van der Waals surface area contributed by atoms with Gasteiger partial charge in [0.05, 0.1) is 6.26 Å². The number of likely N-dealkylation sites (tertiary alicyclic amines) is 1. The van der Waals surface area contributed by atoms with Crippen molar-refractivity contribution in [2.24, 2.45) is 11.8 Å². The van der Waals surface area contributed by atoms with Crippen LogP contribution in [0.1, 0.15) is 16.1 Å². The molecule has 0 bridgehead atoms. The average molecular weight is 257 g/mol. The third kappa shape index (κ3) is 2.07. The number of halogens is 1. The van der Waals surface area contributed by atoms with E-state index in [9.17, 15) is 4.79 Å². The Bertz CT molecular complexity index is 406. The number of furan rings is 1. The zero-order valence-corrected chi connectivity index (χ0v) is 10.6. The Morgan fingerprint density at radius 1 is 1.41 bits per heavy atom. The summed E-state index contributed by atoms with van der Waals surface area (Å²) >= 11 is 0. The molecule has 17 heavy (non-hydrogen) atoms. The molecule has 0 aliphatic carbocycles. The maximum absolute atomic E-state index is 12.2. The van der Waals surface area contributed by atoms with Crippen molar-refractivity contribution >= 4 is 18.3 Å². The molecule has 2 aliphatic heterocycles. The second-order valence-corrected chi connectivity index (χ2v) is 4.82. The molecule has 0 saturated carbocycles. The first-order valence-corrected chi connectivity index (χ1v) is 5.80. The summed E-state index contributed by atoms with van der Waals surface area (Å²) in [4.78, 5) is 14.1. The topological polar surface area (TPSA) is 45.5 Å². The van der Waals surface area contributed by atoms with Crippen molar-refractivity contribution in [1.29, 1.82) is 0 Å². The molecule has 1 aromatic rings. The molecule has 1 amide bonds. The molecule has 0 aromatic carbocycles. The molecule has 2 saturated heterocycles. The van der Waals surface area contributed by atoms with Gasteiger partial charge in [0.25, 0.3) is 5.91 Å². The zero-order chi connectivity index (χ0) is 11.1. The van der Waals surface area contributed by atoms with Crippen LogP contribution in [-0.2, 0) is 0 Å². The van der Waals surface area contributed by atoms with Crippen molar-refractivity contribution in [3.05, 3.63) is 23.7 Å². The van der Waals surface area contributed by atoms with Crippen LogP contribution in [0.4, 0.5) is 0 Å². The van der Waals surface area contributed by atoms with E-state index >= 15 is 0 Å². The van der Waals surface area contributed by atoms with Gasteiger partial charge in [0.1, 0.15) is 0 Å². The molecule has 0 unspecified atom stereocenters. The molecule has 1 N–H and O–H groups in total. The second kappa shape index (κ2) is 4.70. The lowest BCUT2D eigenvalue weighted by molar-refractivity contribution is 0.0749. The molecule has 0 spiro atoms. The van der Waals surface area contributed by atoms with Crippen LogP contribution in [0.2, 0.25) is 0 Å². The summed E-state index contributed by atoms with van der Waals surface area (Å²) in [5.41, 5.74) is 0.931. The van der Waals surface area contributed by atoms with Crippen LogP contribution in [0.5, 0.6) is 0 Å². The summed E-state index contributed by atoms with van der Waals surface area (Å²) in [6.45, 7) is 5.75. The number of carbonyl (C=O) groups excluding carboxylic acids is 1.